The Morgan fingerprint density at radius 2 is 2.00 bits per heavy atom. The third kappa shape index (κ3) is 1.96. The van der Waals surface area contributed by atoms with Crippen molar-refractivity contribution in [2.24, 2.45) is 0 Å². The molecule has 102 valence electrons. The smallest absolute Gasteiger partial charge is 0.182 e. The highest BCUT2D eigenvalue weighted by Gasteiger charge is 2.12. The predicted octanol–water partition coefficient (Wildman–Crippen LogP) is 5.10. The second-order valence-electron chi connectivity index (χ2n) is 4.77. The first-order valence-corrected chi connectivity index (χ1v) is 6.94. The Kier molecular flexibility index (Phi) is 3.15. The molecule has 0 unspecified atom stereocenters. The Morgan fingerprint density at radius 3 is 2.75 bits per heavy atom. The summed E-state index contributed by atoms with van der Waals surface area (Å²) in [5.41, 5.74) is 4.63. The molecule has 3 aromatic rings. The van der Waals surface area contributed by atoms with E-state index in [0.717, 1.165) is 22.3 Å². The minimum atomic E-state index is -0.452. The number of benzene rings is 2. The molecule has 0 aliphatic rings. The maximum Gasteiger partial charge on any atom is 0.182 e. The molecule has 0 saturated carbocycles. The molecular weight excluding hydrogens is 295 g/mol. The zero-order chi connectivity index (χ0) is 14.4. The number of halogens is 2. The summed E-state index contributed by atoms with van der Waals surface area (Å²) in [7, 11) is 0. The highest BCUT2D eigenvalue weighted by Crippen LogP contribution is 2.27. The Bertz CT molecular complexity index is 879. The van der Waals surface area contributed by atoms with Crippen LogP contribution in [0.1, 0.15) is 11.1 Å². The molecule has 0 amide bonds. The van der Waals surface area contributed by atoms with Crippen LogP contribution in [-0.4, -0.2) is 9.55 Å². The van der Waals surface area contributed by atoms with Crippen LogP contribution in [0.2, 0.25) is 5.02 Å². The molecule has 1 aromatic heterocycles. The van der Waals surface area contributed by atoms with Crippen LogP contribution >= 0.6 is 23.8 Å². The van der Waals surface area contributed by atoms with E-state index in [9.17, 15) is 4.39 Å². The summed E-state index contributed by atoms with van der Waals surface area (Å²) < 4.78 is 16.1. The molecule has 0 fully saturated rings. The average Bonchev–Trinajstić information content (AvgIpc) is 2.69. The van der Waals surface area contributed by atoms with Gasteiger partial charge in [0.15, 0.2) is 4.77 Å². The number of aromatic nitrogens is 2. The molecule has 0 radical (unpaired) electrons. The SMILES string of the molecule is Cc1cccc(-n2c(=S)[nH]c3cc(Cl)c(F)cc32)c1C. The fourth-order valence-corrected chi connectivity index (χ4v) is 2.79. The summed E-state index contributed by atoms with van der Waals surface area (Å²) in [4.78, 5) is 3.07. The fourth-order valence-electron chi connectivity index (χ4n) is 2.32. The van der Waals surface area contributed by atoms with E-state index < -0.39 is 5.82 Å². The third-order valence-corrected chi connectivity index (χ3v) is 4.12. The Labute approximate surface area is 125 Å². The number of H-pyrrole nitrogens is 1. The highest BCUT2D eigenvalue weighted by atomic mass is 35.5. The summed E-state index contributed by atoms with van der Waals surface area (Å²) in [6.07, 6.45) is 0. The number of hydrogen-bond donors (Lipinski definition) is 1. The van der Waals surface area contributed by atoms with Crippen molar-refractivity contribution < 1.29 is 4.39 Å². The molecule has 2 aromatic carbocycles. The van der Waals surface area contributed by atoms with Gasteiger partial charge in [0.2, 0.25) is 0 Å². The van der Waals surface area contributed by atoms with Crippen molar-refractivity contribution in [2.75, 3.05) is 0 Å². The number of imidazole rings is 1. The van der Waals surface area contributed by atoms with Crippen molar-refractivity contribution >= 4 is 34.9 Å². The van der Waals surface area contributed by atoms with Crippen LogP contribution in [0.25, 0.3) is 16.7 Å². The lowest BCUT2D eigenvalue weighted by atomic mass is 10.1. The average molecular weight is 307 g/mol. The number of nitrogens with zero attached hydrogens (tertiary/aromatic N) is 1. The van der Waals surface area contributed by atoms with Gasteiger partial charge in [-0.2, -0.15) is 0 Å². The molecule has 3 rings (SSSR count). The van der Waals surface area contributed by atoms with Crippen LogP contribution in [0.3, 0.4) is 0 Å². The summed E-state index contributed by atoms with van der Waals surface area (Å²) >= 11 is 11.2. The van der Waals surface area contributed by atoms with Gasteiger partial charge in [0, 0.05) is 6.07 Å². The van der Waals surface area contributed by atoms with Gasteiger partial charge in [0.1, 0.15) is 5.82 Å². The second kappa shape index (κ2) is 4.72. The standard InChI is InChI=1S/C15H12ClFN2S/c1-8-4-3-5-13(9(8)2)19-14-7-11(17)10(16)6-12(14)18-15(19)20/h3-7H,1-2H3,(H,18,20). The molecule has 0 aliphatic heterocycles. The number of fused-ring (bicyclic) bond motifs is 1. The number of aryl methyl sites for hydroxylation is 1. The van der Waals surface area contributed by atoms with Crippen LogP contribution in [-0.2, 0) is 0 Å². The lowest BCUT2D eigenvalue weighted by Gasteiger charge is -2.10. The Balaban J connectivity index is 2.42. The molecule has 0 spiro atoms. The van der Waals surface area contributed by atoms with E-state index in [2.05, 4.69) is 4.98 Å². The van der Waals surface area contributed by atoms with Crippen molar-refractivity contribution in [3.05, 3.63) is 57.1 Å². The normalized spacial score (nSPS) is 11.2. The van der Waals surface area contributed by atoms with E-state index in [0.29, 0.717) is 10.3 Å². The molecule has 20 heavy (non-hydrogen) atoms. The Morgan fingerprint density at radius 1 is 1.25 bits per heavy atom. The van der Waals surface area contributed by atoms with Gasteiger partial charge in [-0.05, 0) is 49.3 Å². The number of aromatic amines is 1. The van der Waals surface area contributed by atoms with Gasteiger partial charge in [-0.1, -0.05) is 23.7 Å². The van der Waals surface area contributed by atoms with Crippen molar-refractivity contribution in [2.45, 2.75) is 13.8 Å². The van der Waals surface area contributed by atoms with Gasteiger partial charge in [-0.3, -0.25) is 4.57 Å². The monoisotopic (exact) mass is 306 g/mol. The van der Waals surface area contributed by atoms with Gasteiger partial charge in [0.25, 0.3) is 0 Å². The zero-order valence-electron chi connectivity index (χ0n) is 11.0. The highest BCUT2D eigenvalue weighted by molar-refractivity contribution is 7.71. The molecule has 1 N–H and O–H groups in total. The maximum absolute atomic E-state index is 13.7. The van der Waals surface area contributed by atoms with Crippen LogP contribution in [0.4, 0.5) is 4.39 Å². The molecule has 0 bridgehead atoms. The van der Waals surface area contributed by atoms with Crippen LogP contribution in [0.5, 0.6) is 0 Å². The predicted molar refractivity (Wildman–Crippen MR) is 82.9 cm³/mol. The third-order valence-electron chi connectivity index (χ3n) is 3.54. The quantitative estimate of drug-likeness (QED) is 0.620. The number of nitrogens with one attached hydrogen (secondary N) is 1. The van der Waals surface area contributed by atoms with E-state index in [-0.39, 0.29) is 5.02 Å². The van der Waals surface area contributed by atoms with Crippen molar-refractivity contribution in [3.63, 3.8) is 0 Å². The van der Waals surface area contributed by atoms with E-state index in [4.69, 9.17) is 23.8 Å². The van der Waals surface area contributed by atoms with Crippen molar-refractivity contribution in [1.82, 2.24) is 9.55 Å². The Hall–Kier alpha value is -1.65. The van der Waals surface area contributed by atoms with Gasteiger partial charge >= 0.3 is 0 Å². The zero-order valence-corrected chi connectivity index (χ0v) is 12.6. The maximum atomic E-state index is 13.7. The van der Waals surface area contributed by atoms with Gasteiger partial charge in [-0.25, -0.2) is 4.39 Å². The minimum Gasteiger partial charge on any atom is -0.330 e. The summed E-state index contributed by atoms with van der Waals surface area (Å²) in [5, 5.41) is 0.0851. The topological polar surface area (TPSA) is 20.7 Å². The molecule has 0 aliphatic carbocycles. The first-order chi connectivity index (χ1) is 9.49. The lowest BCUT2D eigenvalue weighted by Crippen LogP contribution is -1.98. The molecule has 0 atom stereocenters. The largest absolute Gasteiger partial charge is 0.330 e. The van der Waals surface area contributed by atoms with Crippen molar-refractivity contribution in [3.8, 4) is 5.69 Å². The van der Waals surface area contributed by atoms with Crippen LogP contribution in [0.15, 0.2) is 30.3 Å². The second-order valence-corrected chi connectivity index (χ2v) is 5.56. The summed E-state index contributed by atoms with van der Waals surface area (Å²) in [5.74, 6) is -0.452. The number of rotatable bonds is 1. The fraction of sp³-hybridized carbons (Fsp3) is 0.133. The van der Waals surface area contributed by atoms with Gasteiger partial charge in [0.05, 0.1) is 21.7 Å². The molecule has 1 heterocycles. The van der Waals surface area contributed by atoms with Crippen LogP contribution < -0.4 is 0 Å². The van der Waals surface area contributed by atoms with Crippen molar-refractivity contribution in [1.29, 1.82) is 0 Å². The van der Waals surface area contributed by atoms with Gasteiger partial charge in [-0.15, -0.1) is 0 Å². The van der Waals surface area contributed by atoms with E-state index in [1.165, 1.54) is 6.07 Å². The number of hydrogen-bond acceptors (Lipinski definition) is 1. The summed E-state index contributed by atoms with van der Waals surface area (Å²) in [6, 6.07) is 8.94. The summed E-state index contributed by atoms with van der Waals surface area (Å²) in [6.45, 7) is 4.06. The molecule has 2 nitrogen and oxygen atoms in total. The molecular formula is C15H12ClFN2S. The van der Waals surface area contributed by atoms with E-state index >= 15 is 0 Å². The molecule has 5 heteroatoms. The first kappa shape index (κ1) is 13.3. The molecule has 0 saturated heterocycles. The van der Waals surface area contributed by atoms with E-state index in [1.807, 2.05) is 36.6 Å². The minimum absolute atomic E-state index is 0.0851. The van der Waals surface area contributed by atoms with Gasteiger partial charge < -0.3 is 4.98 Å². The first-order valence-electron chi connectivity index (χ1n) is 6.15. The van der Waals surface area contributed by atoms with E-state index in [1.54, 1.807) is 6.07 Å². The van der Waals surface area contributed by atoms with Crippen LogP contribution in [0, 0.1) is 24.4 Å². The lowest BCUT2D eigenvalue weighted by molar-refractivity contribution is 0.629.